The van der Waals surface area contributed by atoms with Crippen LogP contribution in [-0.4, -0.2) is 13.9 Å². The molecule has 0 radical (unpaired) electrons. The molecule has 1 rings (SSSR count). The Balaban J connectivity index is 3.11. The molecular weight excluding hydrogens is 267 g/mol. The highest BCUT2D eigenvalue weighted by atomic mass is 35.5. The van der Waals surface area contributed by atoms with E-state index in [0.717, 1.165) is 0 Å². The van der Waals surface area contributed by atoms with E-state index in [1.54, 1.807) is 13.0 Å². The average Bonchev–Trinajstić information content (AvgIpc) is 2.09. The largest absolute Gasteiger partial charge is 0.516 e. The van der Waals surface area contributed by atoms with E-state index in [2.05, 4.69) is 0 Å². The normalized spacial score (nSPS) is 12.6. The third-order valence-corrected chi connectivity index (χ3v) is 3.10. The number of benzene rings is 1. The number of halogens is 4. The van der Waals surface area contributed by atoms with Crippen LogP contribution in [0.5, 0.6) is 0 Å². The molecule has 0 heterocycles. The monoisotopic (exact) mass is 273 g/mol. The van der Waals surface area contributed by atoms with Gasteiger partial charge in [0.2, 0.25) is 0 Å². The van der Waals surface area contributed by atoms with Crippen molar-refractivity contribution in [3.8, 4) is 0 Å². The molecular formula is C8H7ClF3NO2S. The van der Waals surface area contributed by atoms with E-state index in [-0.39, 0.29) is 10.7 Å². The first-order chi connectivity index (χ1) is 7.13. The molecule has 90 valence electrons. The van der Waals surface area contributed by atoms with Crippen molar-refractivity contribution in [3.63, 3.8) is 0 Å². The van der Waals surface area contributed by atoms with E-state index in [1.807, 2.05) is 0 Å². The molecule has 0 aliphatic rings. The zero-order chi connectivity index (χ0) is 12.6. The summed E-state index contributed by atoms with van der Waals surface area (Å²) >= 11 is 5.56. The fourth-order valence-electron chi connectivity index (χ4n) is 0.920. The molecule has 1 N–H and O–H groups in total. The Bertz CT molecular complexity index is 498. The zero-order valence-electron chi connectivity index (χ0n) is 7.97. The summed E-state index contributed by atoms with van der Waals surface area (Å²) in [5, 5.41) is -0.0987. The van der Waals surface area contributed by atoms with E-state index in [4.69, 9.17) is 11.6 Å². The Morgan fingerprint density at radius 3 is 2.38 bits per heavy atom. The van der Waals surface area contributed by atoms with Gasteiger partial charge in [0.1, 0.15) is 0 Å². The smallest absolute Gasteiger partial charge is 0.274 e. The number of hydrogen-bond donors (Lipinski definition) is 1. The van der Waals surface area contributed by atoms with Crippen molar-refractivity contribution >= 4 is 27.3 Å². The Labute approximate surface area is 95.3 Å². The third-order valence-electron chi connectivity index (χ3n) is 1.67. The molecule has 0 fully saturated rings. The van der Waals surface area contributed by atoms with Gasteiger partial charge in [-0.1, -0.05) is 17.7 Å². The molecule has 16 heavy (non-hydrogen) atoms. The second-order valence-electron chi connectivity index (χ2n) is 3.03. The van der Waals surface area contributed by atoms with E-state index in [9.17, 15) is 21.6 Å². The van der Waals surface area contributed by atoms with Crippen LogP contribution in [0, 0.1) is 6.92 Å². The summed E-state index contributed by atoms with van der Waals surface area (Å²) < 4.78 is 59.1. The van der Waals surface area contributed by atoms with Crippen molar-refractivity contribution < 1.29 is 21.6 Å². The molecule has 0 saturated heterocycles. The Hall–Kier alpha value is -0.950. The summed E-state index contributed by atoms with van der Waals surface area (Å²) in [4.78, 5) is 0. The second-order valence-corrected chi connectivity index (χ2v) is 5.12. The van der Waals surface area contributed by atoms with Crippen LogP contribution < -0.4 is 4.72 Å². The molecule has 8 heteroatoms. The van der Waals surface area contributed by atoms with Crippen molar-refractivity contribution in [1.29, 1.82) is 0 Å². The van der Waals surface area contributed by atoms with Crippen LogP contribution in [0.4, 0.5) is 18.9 Å². The maximum atomic E-state index is 12.1. The van der Waals surface area contributed by atoms with Gasteiger partial charge in [0.15, 0.2) is 0 Å². The molecule has 0 spiro atoms. The first-order valence-corrected chi connectivity index (χ1v) is 5.85. The van der Waals surface area contributed by atoms with Gasteiger partial charge in [-0.15, -0.1) is 0 Å². The molecule has 0 aliphatic carbocycles. The number of alkyl halides is 3. The molecule has 0 aliphatic heterocycles. The average molecular weight is 274 g/mol. The quantitative estimate of drug-likeness (QED) is 0.900. The molecule has 0 amide bonds. The summed E-state index contributed by atoms with van der Waals surface area (Å²) in [5.41, 5.74) is -5.07. The van der Waals surface area contributed by atoms with Crippen molar-refractivity contribution in [2.75, 3.05) is 4.72 Å². The first-order valence-electron chi connectivity index (χ1n) is 3.99. The summed E-state index contributed by atoms with van der Waals surface area (Å²) in [6.45, 7) is 1.60. The lowest BCUT2D eigenvalue weighted by molar-refractivity contribution is -0.0429. The highest BCUT2D eigenvalue weighted by molar-refractivity contribution is 7.93. The van der Waals surface area contributed by atoms with Gasteiger partial charge in [-0.2, -0.15) is 21.6 Å². The number of rotatable bonds is 2. The number of aryl methyl sites for hydroxylation is 1. The first kappa shape index (κ1) is 13.1. The molecule has 1 aromatic rings. The van der Waals surface area contributed by atoms with Gasteiger partial charge < -0.3 is 0 Å². The highest BCUT2D eigenvalue weighted by Gasteiger charge is 2.46. The van der Waals surface area contributed by atoms with Crippen LogP contribution in [0.1, 0.15) is 5.56 Å². The maximum absolute atomic E-state index is 12.1. The molecule has 0 unspecified atom stereocenters. The maximum Gasteiger partial charge on any atom is 0.516 e. The van der Waals surface area contributed by atoms with Gasteiger partial charge in [-0.3, -0.25) is 4.72 Å². The molecule has 1 aromatic carbocycles. The number of hydrogen-bond acceptors (Lipinski definition) is 2. The number of anilines is 1. The molecule has 0 bridgehead atoms. The van der Waals surface area contributed by atoms with Gasteiger partial charge in [0.25, 0.3) is 0 Å². The van der Waals surface area contributed by atoms with Crippen molar-refractivity contribution in [1.82, 2.24) is 0 Å². The van der Waals surface area contributed by atoms with Crippen molar-refractivity contribution in [2.24, 2.45) is 0 Å². The minimum atomic E-state index is -5.42. The lowest BCUT2D eigenvalue weighted by Crippen LogP contribution is -2.30. The second kappa shape index (κ2) is 4.14. The van der Waals surface area contributed by atoms with Gasteiger partial charge in [-0.25, -0.2) is 0 Å². The SMILES string of the molecule is Cc1ccc(Cl)c(NS(=O)(=O)C(F)(F)F)c1. The predicted octanol–water partition coefficient (Wildman–Crippen LogP) is 2.91. The van der Waals surface area contributed by atoms with Crippen molar-refractivity contribution in [3.05, 3.63) is 28.8 Å². The van der Waals surface area contributed by atoms with Gasteiger partial charge in [0.05, 0.1) is 10.7 Å². The van der Waals surface area contributed by atoms with Gasteiger partial charge in [-0.05, 0) is 24.6 Å². The Morgan fingerprint density at radius 2 is 1.88 bits per heavy atom. The summed E-state index contributed by atoms with van der Waals surface area (Å²) in [6.07, 6.45) is 0. The van der Waals surface area contributed by atoms with Crippen LogP contribution in [0.2, 0.25) is 5.02 Å². The zero-order valence-corrected chi connectivity index (χ0v) is 9.54. The molecule has 0 saturated carbocycles. The summed E-state index contributed by atoms with van der Waals surface area (Å²) in [6, 6.07) is 4.07. The minimum absolute atomic E-state index is 0.0987. The number of sulfonamides is 1. The Morgan fingerprint density at radius 1 is 1.31 bits per heavy atom. The number of nitrogens with one attached hydrogen (secondary N) is 1. The molecule has 0 aromatic heterocycles. The molecule has 0 atom stereocenters. The van der Waals surface area contributed by atoms with Crippen LogP contribution in [0.3, 0.4) is 0 Å². The fourth-order valence-corrected chi connectivity index (χ4v) is 1.71. The predicted molar refractivity (Wildman–Crippen MR) is 54.8 cm³/mol. The fraction of sp³-hybridized carbons (Fsp3) is 0.250. The molecule has 3 nitrogen and oxygen atoms in total. The third kappa shape index (κ3) is 2.79. The van der Waals surface area contributed by atoms with E-state index in [0.29, 0.717) is 5.56 Å². The van der Waals surface area contributed by atoms with E-state index < -0.39 is 15.5 Å². The van der Waals surface area contributed by atoms with Crippen molar-refractivity contribution in [2.45, 2.75) is 12.4 Å². The van der Waals surface area contributed by atoms with E-state index in [1.165, 1.54) is 16.9 Å². The van der Waals surface area contributed by atoms with Crippen LogP contribution in [-0.2, 0) is 10.0 Å². The van der Waals surface area contributed by atoms with Gasteiger partial charge in [0, 0.05) is 0 Å². The van der Waals surface area contributed by atoms with Gasteiger partial charge >= 0.3 is 15.5 Å². The van der Waals surface area contributed by atoms with Crippen LogP contribution in [0.15, 0.2) is 18.2 Å². The topological polar surface area (TPSA) is 46.2 Å². The highest BCUT2D eigenvalue weighted by Crippen LogP contribution is 2.29. The summed E-state index contributed by atoms with van der Waals surface area (Å²) in [5.74, 6) is 0. The summed E-state index contributed by atoms with van der Waals surface area (Å²) in [7, 11) is -5.42. The van der Waals surface area contributed by atoms with E-state index >= 15 is 0 Å². The lowest BCUT2D eigenvalue weighted by atomic mass is 10.2. The lowest BCUT2D eigenvalue weighted by Gasteiger charge is -2.12. The standard InChI is InChI=1S/C8H7ClF3NO2S/c1-5-2-3-6(9)7(4-5)13-16(14,15)8(10,11)12/h2-4,13H,1H3. The Kier molecular flexibility index (Phi) is 3.39. The van der Waals surface area contributed by atoms with Crippen LogP contribution in [0.25, 0.3) is 0 Å². The minimum Gasteiger partial charge on any atom is -0.274 e. The van der Waals surface area contributed by atoms with Crippen LogP contribution >= 0.6 is 11.6 Å².